The molecule has 0 aliphatic rings. The first-order valence-corrected chi connectivity index (χ1v) is 34.1. The molecule has 14 aromatic carbocycles. The average molecular weight is 1330 g/mol. The summed E-state index contributed by atoms with van der Waals surface area (Å²) in [5.74, 6) is 0. The first kappa shape index (κ1) is 67.8. The van der Waals surface area contributed by atoms with Crippen LogP contribution in [0.1, 0.15) is 44.5 Å². The molecule has 0 N–H and O–H groups in total. The van der Waals surface area contributed by atoms with E-state index in [1.165, 1.54) is 0 Å². The summed E-state index contributed by atoms with van der Waals surface area (Å²) in [7, 11) is 0. The van der Waals surface area contributed by atoms with E-state index in [1.807, 2.05) is 315 Å². The monoisotopic (exact) mass is 1330 g/mol. The maximum absolute atomic E-state index is 10.1. The van der Waals surface area contributed by atoms with Gasteiger partial charge in [-0.1, -0.05) is 243 Å². The van der Waals surface area contributed by atoms with Crippen molar-refractivity contribution < 1.29 is 0 Å². The minimum atomic E-state index is 0.568. The number of rotatable bonds is 20. The fraction of sp³-hybridized carbons (Fsp3) is 0. The molecule has 0 heterocycles. The molecule has 492 valence electrons. The normalized spacial score (nSPS) is 11.3. The van der Waals surface area contributed by atoms with Gasteiger partial charge in [0.05, 0.1) is 46.6 Å². The molecule has 0 spiro atoms. The molecule has 0 bridgehead atoms. The van der Waals surface area contributed by atoms with Crippen molar-refractivity contribution in [2.24, 2.45) is 0 Å². The zero-order valence-corrected chi connectivity index (χ0v) is 56.8. The molecule has 8 nitrogen and oxygen atoms in total. The summed E-state index contributed by atoms with van der Waals surface area (Å²) in [4.78, 5) is 8.78. The molecular formula is C96H68N8. The van der Waals surface area contributed by atoms with Gasteiger partial charge in [-0.15, -0.1) is 0 Å². The molecule has 0 atom stereocenters. The number of benzene rings is 14. The van der Waals surface area contributed by atoms with Gasteiger partial charge in [0.15, 0.2) is 0 Å². The Labute approximate surface area is 608 Å². The van der Waals surface area contributed by atoms with E-state index in [0.29, 0.717) is 22.3 Å². The smallest absolute Gasteiger partial charge is 0.0998 e. The minimum Gasteiger partial charge on any atom is -0.311 e. The van der Waals surface area contributed by atoms with Crippen molar-refractivity contribution in [2.75, 3.05) is 19.6 Å². The molecule has 0 saturated heterocycles. The van der Waals surface area contributed by atoms with Crippen molar-refractivity contribution in [3.8, 4) is 24.3 Å². The summed E-state index contributed by atoms with van der Waals surface area (Å²) in [6.07, 6.45) is 7.57. The first-order chi connectivity index (χ1) is 51.4. The number of nitriles is 4. The summed E-state index contributed by atoms with van der Waals surface area (Å²) in [6, 6.07) is 140. The molecule has 14 rings (SSSR count). The molecule has 0 fully saturated rings. The van der Waals surface area contributed by atoms with Crippen LogP contribution in [0.5, 0.6) is 0 Å². The second-order valence-corrected chi connectivity index (χ2v) is 24.2. The lowest BCUT2D eigenvalue weighted by molar-refractivity contribution is 1.28. The highest BCUT2D eigenvalue weighted by Gasteiger charge is 2.18. The van der Waals surface area contributed by atoms with Crippen molar-refractivity contribution in [2.45, 2.75) is 0 Å². The number of hydrogen-bond donors (Lipinski definition) is 0. The lowest BCUT2D eigenvalue weighted by Crippen LogP contribution is -2.09. The largest absolute Gasteiger partial charge is 0.311 e. The number of allylic oxidation sites excluding steroid dienone is 4. The number of para-hydroxylation sites is 8. The molecule has 0 amide bonds. The van der Waals surface area contributed by atoms with Gasteiger partial charge in [0.25, 0.3) is 0 Å². The topological polar surface area (TPSA) is 108 Å². The van der Waals surface area contributed by atoms with Crippen molar-refractivity contribution >= 4 is 115 Å². The third-order valence-corrected chi connectivity index (χ3v) is 17.5. The summed E-state index contributed by atoms with van der Waals surface area (Å²) in [6.45, 7) is 0. The second-order valence-electron chi connectivity index (χ2n) is 24.2. The fourth-order valence-electron chi connectivity index (χ4n) is 12.3. The number of nitrogens with zero attached hydrogens (tertiary/aromatic N) is 8. The predicted octanol–water partition coefficient (Wildman–Crippen LogP) is 25.5. The van der Waals surface area contributed by atoms with Gasteiger partial charge in [0, 0.05) is 68.2 Å². The van der Waals surface area contributed by atoms with Crippen LogP contribution < -0.4 is 19.6 Å². The Morgan fingerprint density at radius 1 is 0.163 bits per heavy atom. The van der Waals surface area contributed by atoms with Crippen LogP contribution in [-0.2, 0) is 0 Å². The van der Waals surface area contributed by atoms with Gasteiger partial charge in [-0.05, 0) is 214 Å². The molecule has 0 aromatic heterocycles. The predicted molar refractivity (Wildman–Crippen MR) is 431 cm³/mol. The molecule has 0 aliphatic carbocycles. The van der Waals surface area contributed by atoms with Crippen LogP contribution in [0.4, 0.5) is 68.2 Å². The Kier molecular flexibility index (Phi) is 21.9. The third kappa shape index (κ3) is 16.7. The van der Waals surface area contributed by atoms with Crippen molar-refractivity contribution in [3.05, 3.63) is 433 Å². The molecule has 14 aromatic rings. The maximum atomic E-state index is 10.1. The van der Waals surface area contributed by atoms with Crippen LogP contribution >= 0.6 is 0 Å². The first-order valence-electron chi connectivity index (χ1n) is 34.1. The van der Waals surface area contributed by atoms with Gasteiger partial charge >= 0.3 is 0 Å². The van der Waals surface area contributed by atoms with E-state index in [0.717, 1.165) is 113 Å². The van der Waals surface area contributed by atoms with E-state index in [2.05, 4.69) is 141 Å². The third-order valence-electron chi connectivity index (χ3n) is 17.5. The van der Waals surface area contributed by atoms with E-state index in [-0.39, 0.29) is 0 Å². The van der Waals surface area contributed by atoms with Crippen LogP contribution in [0.25, 0.3) is 46.6 Å². The molecule has 0 saturated carbocycles. The summed E-state index contributed by atoms with van der Waals surface area (Å²) in [5, 5.41) is 40.5. The molecule has 0 unspecified atom stereocenters. The lowest BCUT2D eigenvalue weighted by atomic mass is 10.0. The Morgan fingerprint density at radius 2 is 0.288 bits per heavy atom. The molecule has 0 radical (unpaired) electrons. The van der Waals surface area contributed by atoms with Gasteiger partial charge in [0.2, 0.25) is 0 Å². The van der Waals surface area contributed by atoms with Crippen LogP contribution in [0, 0.1) is 45.3 Å². The lowest BCUT2D eigenvalue weighted by Gasteiger charge is -2.25. The zero-order chi connectivity index (χ0) is 71.1. The minimum absolute atomic E-state index is 0.568. The molecular weight excluding hydrogens is 1270 g/mol. The molecule has 0 aliphatic heterocycles. The van der Waals surface area contributed by atoms with Gasteiger partial charge in [0.1, 0.15) is 0 Å². The van der Waals surface area contributed by atoms with Crippen LogP contribution in [0.3, 0.4) is 0 Å². The van der Waals surface area contributed by atoms with Crippen LogP contribution in [0.15, 0.2) is 388 Å². The van der Waals surface area contributed by atoms with Crippen LogP contribution in [-0.4, -0.2) is 0 Å². The summed E-state index contributed by atoms with van der Waals surface area (Å²) >= 11 is 0. The second kappa shape index (κ2) is 33.6. The quantitative estimate of drug-likeness (QED) is 0.0548. The summed E-state index contributed by atoms with van der Waals surface area (Å²) < 4.78 is 0. The number of anilines is 12. The van der Waals surface area contributed by atoms with Crippen molar-refractivity contribution in [1.82, 2.24) is 0 Å². The number of hydrogen-bond acceptors (Lipinski definition) is 8. The zero-order valence-electron chi connectivity index (χ0n) is 56.8. The standard InChI is InChI=1S/2C48H34N4/c2*49-35-41(39-25-29-47(30-26-39)51(43-13-5-1-6-14-43)44-15-7-2-8-16-44)33-37-21-23-38(24-22-37)34-42(36-50)40-27-31-48(32-28-40)52(45-17-9-3-10-18-45)46-19-11-4-12-20-46/h2*1-34H/b2*41-33+,42-34+. The SMILES string of the molecule is N#C/C(=C\c1ccc(/C=C(\C#N)c2ccc(N(c3ccccc3)c3ccccc3)cc2)cc1)c1ccc(N(c2ccccc2)c2ccccc2)cc1.N#C/C(=C\c1ccc(/C=C(\C#N)c2ccc(N(c3ccccc3)c3ccccc3)cc2)cc1)c1ccc(N(c2ccccc2)c2ccccc2)cc1. The Morgan fingerprint density at radius 3 is 0.413 bits per heavy atom. The van der Waals surface area contributed by atoms with Crippen molar-refractivity contribution in [1.29, 1.82) is 21.0 Å². The maximum Gasteiger partial charge on any atom is 0.0998 e. The van der Waals surface area contributed by atoms with Gasteiger partial charge in [-0.3, -0.25) is 0 Å². The Balaban J connectivity index is 0.000000185. The van der Waals surface area contributed by atoms with Gasteiger partial charge < -0.3 is 19.6 Å². The van der Waals surface area contributed by atoms with Gasteiger partial charge in [-0.2, -0.15) is 21.0 Å². The highest BCUT2D eigenvalue weighted by atomic mass is 15.2. The van der Waals surface area contributed by atoms with E-state index < -0.39 is 0 Å². The average Bonchev–Trinajstić information content (AvgIpc) is 0.824. The fourth-order valence-corrected chi connectivity index (χ4v) is 12.3. The Hall–Kier alpha value is -14.8. The van der Waals surface area contributed by atoms with Gasteiger partial charge in [-0.25, -0.2) is 0 Å². The highest BCUT2D eigenvalue weighted by molar-refractivity contribution is 5.95. The molecule has 8 heteroatoms. The molecule has 104 heavy (non-hydrogen) atoms. The van der Waals surface area contributed by atoms with Crippen molar-refractivity contribution in [3.63, 3.8) is 0 Å². The van der Waals surface area contributed by atoms with E-state index >= 15 is 0 Å². The summed E-state index contributed by atoms with van der Waals surface area (Å²) in [5.41, 5.74) is 21.7. The van der Waals surface area contributed by atoms with Crippen LogP contribution in [0.2, 0.25) is 0 Å². The van der Waals surface area contributed by atoms with E-state index in [9.17, 15) is 21.0 Å². The van der Waals surface area contributed by atoms with E-state index in [4.69, 9.17) is 0 Å². The van der Waals surface area contributed by atoms with E-state index in [1.54, 1.807) is 0 Å². The highest BCUT2D eigenvalue weighted by Crippen LogP contribution is 2.40. The Bertz CT molecular complexity index is 4580.